The summed E-state index contributed by atoms with van der Waals surface area (Å²) in [7, 11) is 0. The summed E-state index contributed by atoms with van der Waals surface area (Å²) in [6.45, 7) is 4.20. The third-order valence-electron chi connectivity index (χ3n) is 7.43. The maximum absolute atomic E-state index is 13.7. The van der Waals surface area contributed by atoms with Gasteiger partial charge >= 0.3 is 0 Å². The largest absolute Gasteiger partial charge is 0.306 e. The minimum Gasteiger partial charge on any atom is -0.306 e. The van der Waals surface area contributed by atoms with Gasteiger partial charge < -0.3 is 9.80 Å². The zero-order valence-electron chi connectivity index (χ0n) is 23.2. The first kappa shape index (κ1) is 28.7. The highest BCUT2D eigenvalue weighted by Crippen LogP contribution is 2.42. The molecule has 3 aromatic rings. The molecule has 0 saturated heterocycles. The summed E-state index contributed by atoms with van der Waals surface area (Å²) in [6.07, 6.45) is 9.68. The average Bonchev–Trinajstić information content (AvgIpc) is 2.97. The van der Waals surface area contributed by atoms with E-state index in [4.69, 9.17) is 0 Å². The first-order valence-corrected chi connectivity index (χ1v) is 14.1. The van der Waals surface area contributed by atoms with Crippen LogP contribution in [0.1, 0.15) is 76.0 Å². The molecule has 0 unspecified atom stereocenters. The van der Waals surface area contributed by atoms with E-state index < -0.39 is 4.92 Å². The summed E-state index contributed by atoms with van der Waals surface area (Å²) in [5.41, 5.74) is 3.31. The molecule has 3 aromatic carbocycles. The average molecular weight is 540 g/mol. The number of fused-ring (bicyclic) bond motifs is 1. The van der Waals surface area contributed by atoms with E-state index in [-0.39, 0.29) is 29.6 Å². The minimum absolute atomic E-state index is 0.00609. The van der Waals surface area contributed by atoms with Crippen LogP contribution >= 0.6 is 0 Å². The Morgan fingerprint density at radius 3 is 2.33 bits per heavy atom. The number of carbonyl (C=O) groups excluding carboxylic acids is 2. The molecule has 2 atom stereocenters. The van der Waals surface area contributed by atoms with Crippen molar-refractivity contribution in [3.05, 3.63) is 106 Å². The number of hydrogen-bond donors (Lipinski definition) is 0. The lowest BCUT2D eigenvalue weighted by Gasteiger charge is -2.43. The maximum Gasteiger partial charge on any atom is 0.269 e. The van der Waals surface area contributed by atoms with Crippen molar-refractivity contribution in [1.82, 2.24) is 0 Å². The summed E-state index contributed by atoms with van der Waals surface area (Å²) < 4.78 is 0. The fourth-order valence-electron chi connectivity index (χ4n) is 5.40. The smallest absolute Gasteiger partial charge is 0.269 e. The Morgan fingerprint density at radius 2 is 1.62 bits per heavy atom. The van der Waals surface area contributed by atoms with Crippen molar-refractivity contribution in [1.29, 1.82) is 0 Å². The number of nitro benzene ring substituents is 1. The third kappa shape index (κ3) is 6.84. The predicted octanol–water partition coefficient (Wildman–Crippen LogP) is 7.87. The molecular formula is C33H37N3O4. The lowest BCUT2D eigenvalue weighted by molar-refractivity contribution is -0.384. The van der Waals surface area contributed by atoms with Gasteiger partial charge in [0, 0.05) is 42.0 Å². The van der Waals surface area contributed by atoms with Gasteiger partial charge in [0.05, 0.1) is 11.0 Å². The summed E-state index contributed by atoms with van der Waals surface area (Å²) in [5, 5.41) is 10.9. The number of nitrogens with zero attached hydrogens (tertiary/aromatic N) is 3. The number of nitro groups is 1. The van der Waals surface area contributed by atoms with E-state index in [0.717, 1.165) is 36.2 Å². The number of benzene rings is 3. The first-order valence-electron chi connectivity index (χ1n) is 14.1. The Morgan fingerprint density at radius 1 is 0.950 bits per heavy atom. The fourth-order valence-corrected chi connectivity index (χ4v) is 5.40. The third-order valence-corrected chi connectivity index (χ3v) is 7.43. The summed E-state index contributed by atoms with van der Waals surface area (Å²) >= 11 is 0. The van der Waals surface area contributed by atoms with Crippen LogP contribution < -0.4 is 9.80 Å². The van der Waals surface area contributed by atoms with Gasteiger partial charge in [0.1, 0.15) is 0 Å². The second-order valence-electron chi connectivity index (χ2n) is 10.3. The lowest BCUT2D eigenvalue weighted by Crippen LogP contribution is -2.47. The van der Waals surface area contributed by atoms with Gasteiger partial charge in [0.2, 0.25) is 5.91 Å². The van der Waals surface area contributed by atoms with Gasteiger partial charge in [-0.2, -0.15) is 0 Å². The molecule has 40 heavy (non-hydrogen) atoms. The molecule has 0 spiro atoms. The Kier molecular flexibility index (Phi) is 9.84. The Balaban J connectivity index is 1.60. The number of hydrogen-bond acceptors (Lipinski definition) is 4. The zero-order chi connectivity index (χ0) is 28.5. The molecule has 0 aromatic heterocycles. The van der Waals surface area contributed by atoms with E-state index in [9.17, 15) is 19.7 Å². The van der Waals surface area contributed by atoms with Gasteiger partial charge in [-0.25, -0.2) is 0 Å². The Labute approximate surface area is 236 Å². The van der Waals surface area contributed by atoms with Crippen LogP contribution in [0.2, 0.25) is 0 Å². The number of unbranched alkanes of at least 4 members (excludes halogenated alkanes) is 4. The highest BCUT2D eigenvalue weighted by molar-refractivity contribution is 6.05. The van der Waals surface area contributed by atoms with Crippen molar-refractivity contribution in [3.63, 3.8) is 0 Å². The first-order chi connectivity index (χ1) is 19.4. The van der Waals surface area contributed by atoms with E-state index in [1.807, 2.05) is 66.4 Å². The van der Waals surface area contributed by atoms with Crippen LogP contribution in [0.25, 0.3) is 6.08 Å². The standard InChI is InChI=1S/C33H37N3O4/c1-3-4-5-6-10-17-32(37)35(27-13-8-7-9-14-27)31-24-25(2)34(30-16-12-11-15-29(30)31)33(38)23-20-26-18-21-28(22-19-26)36(39)40/h7-9,11-16,18-23,25,31H,3-6,10,17,24H2,1-2H3/b23-20+/t25-,31+/m0/s1. The van der Waals surface area contributed by atoms with Crippen LogP contribution in [-0.2, 0) is 9.59 Å². The SMILES string of the molecule is CCCCCCCC(=O)N(c1ccccc1)[C@@H]1C[C@H](C)N(C(=O)/C=C/c2ccc([N+](=O)[O-])cc2)c2ccccc21. The van der Waals surface area contributed by atoms with Gasteiger partial charge in [-0.1, -0.05) is 69.0 Å². The monoisotopic (exact) mass is 539 g/mol. The molecule has 0 N–H and O–H groups in total. The highest BCUT2D eigenvalue weighted by Gasteiger charge is 2.37. The normalized spacial score (nSPS) is 16.5. The van der Waals surface area contributed by atoms with Crippen LogP contribution in [0, 0.1) is 10.1 Å². The van der Waals surface area contributed by atoms with Crippen molar-refractivity contribution in [2.24, 2.45) is 0 Å². The molecule has 0 fully saturated rings. The number of carbonyl (C=O) groups is 2. The second-order valence-corrected chi connectivity index (χ2v) is 10.3. The molecule has 2 amide bonds. The van der Waals surface area contributed by atoms with Gasteiger partial charge in [0.15, 0.2) is 0 Å². The van der Waals surface area contributed by atoms with E-state index in [2.05, 4.69) is 6.92 Å². The van der Waals surface area contributed by atoms with Gasteiger partial charge in [-0.05, 0) is 67.3 Å². The molecule has 0 saturated carbocycles. The minimum atomic E-state index is -0.447. The quantitative estimate of drug-likeness (QED) is 0.107. The van der Waals surface area contributed by atoms with E-state index in [1.54, 1.807) is 23.1 Å². The van der Waals surface area contributed by atoms with Crippen LogP contribution in [-0.4, -0.2) is 22.8 Å². The van der Waals surface area contributed by atoms with E-state index in [1.165, 1.54) is 31.1 Å². The molecule has 0 bridgehead atoms. The number of amides is 2. The molecule has 7 heteroatoms. The van der Waals surface area contributed by atoms with Crippen LogP contribution in [0.5, 0.6) is 0 Å². The number of rotatable bonds is 11. The molecule has 4 rings (SSSR count). The number of para-hydroxylation sites is 2. The van der Waals surface area contributed by atoms with Gasteiger partial charge in [-0.3, -0.25) is 19.7 Å². The second kappa shape index (κ2) is 13.7. The van der Waals surface area contributed by atoms with Gasteiger partial charge in [-0.15, -0.1) is 0 Å². The zero-order valence-corrected chi connectivity index (χ0v) is 23.2. The van der Waals surface area contributed by atoms with Crippen LogP contribution in [0.3, 0.4) is 0 Å². The van der Waals surface area contributed by atoms with Crippen LogP contribution in [0.15, 0.2) is 84.9 Å². The fraction of sp³-hybridized carbons (Fsp3) is 0.333. The van der Waals surface area contributed by atoms with Crippen molar-refractivity contribution in [3.8, 4) is 0 Å². The van der Waals surface area contributed by atoms with Crippen LogP contribution in [0.4, 0.5) is 17.1 Å². The molecule has 1 aliphatic heterocycles. The molecule has 7 nitrogen and oxygen atoms in total. The highest BCUT2D eigenvalue weighted by atomic mass is 16.6. The molecule has 0 radical (unpaired) electrons. The predicted molar refractivity (Wildman–Crippen MR) is 160 cm³/mol. The van der Waals surface area contributed by atoms with Crippen molar-refractivity contribution in [2.45, 2.75) is 70.9 Å². The summed E-state index contributed by atoms with van der Waals surface area (Å²) in [5.74, 6) is -0.0715. The molecular weight excluding hydrogens is 502 g/mol. The van der Waals surface area contributed by atoms with Crippen molar-refractivity contribution >= 4 is 35.0 Å². The van der Waals surface area contributed by atoms with Crippen molar-refractivity contribution in [2.75, 3.05) is 9.80 Å². The Bertz CT molecular complexity index is 1340. The summed E-state index contributed by atoms with van der Waals surface area (Å²) in [4.78, 5) is 41.4. The van der Waals surface area contributed by atoms with Gasteiger partial charge in [0.25, 0.3) is 11.6 Å². The summed E-state index contributed by atoms with van der Waals surface area (Å²) in [6, 6.07) is 23.4. The molecule has 0 aliphatic carbocycles. The Hall–Kier alpha value is -4.26. The topological polar surface area (TPSA) is 83.8 Å². The lowest BCUT2D eigenvalue weighted by atomic mass is 9.89. The van der Waals surface area contributed by atoms with E-state index >= 15 is 0 Å². The molecule has 1 aliphatic rings. The maximum atomic E-state index is 13.7. The molecule has 208 valence electrons. The van der Waals surface area contributed by atoms with Crippen molar-refractivity contribution < 1.29 is 14.5 Å². The molecule has 1 heterocycles. The number of anilines is 2. The van der Waals surface area contributed by atoms with E-state index in [0.29, 0.717) is 18.4 Å². The number of non-ortho nitro benzene ring substituents is 1.